The van der Waals surface area contributed by atoms with Gasteiger partial charge in [0.2, 0.25) is 12.3 Å². The maximum Gasteiger partial charge on any atom is 0.226 e. The van der Waals surface area contributed by atoms with Gasteiger partial charge < -0.3 is 4.74 Å². The number of halogens is 1. The molecule has 1 heterocycles. The molecule has 1 saturated heterocycles. The molecule has 1 fully saturated rings. The van der Waals surface area contributed by atoms with E-state index in [1.807, 2.05) is 37.4 Å². The van der Waals surface area contributed by atoms with Gasteiger partial charge in [-0.15, -0.1) is 0 Å². The number of hydrogen-bond acceptors (Lipinski definition) is 5. The Morgan fingerprint density at radius 2 is 2.06 bits per heavy atom. The zero-order valence-corrected chi connectivity index (χ0v) is 21.4. The Bertz CT molecular complexity index is 1010. The maximum absolute atomic E-state index is 13.3. The van der Waals surface area contributed by atoms with Crippen molar-refractivity contribution in [3.05, 3.63) is 71.6 Å². The average Bonchev–Trinajstić information content (AvgIpc) is 2.88. The monoisotopic (exact) mass is 495 g/mol. The number of benzene rings is 2. The third-order valence-electron chi connectivity index (χ3n) is 7.01. The minimum absolute atomic E-state index is 0.159. The van der Waals surface area contributed by atoms with E-state index >= 15 is 0 Å². The van der Waals surface area contributed by atoms with E-state index in [9.17, 15) is 14.0 Å². The molecule has 0 saturated carbocycles. The molecule has 6 nitrogen and oxygen atoms in total. The van der Waals surface area contributed by atoms with Crippen LogP contribution in [-0.4, -0.2) is 54.4 Å². The molecule has 1 aliphatic heterocycles. The lowest BCUT2D eigenvalue weighted by Crippen LogP contribution is -2.42. The fourth-order valence-corrected chi connectivity index (χ4v) is 4.60. The highest BCUT2D eigenvalue weighted by Crippen LogP contribution is 2.24. The van der Waals surface area contributed by atoms with Crippen LogP contribution >= 0.6 is 0 Å². The molecule has 0 spiro atoms. The van der Waals surface area contributed by atoms with Crippen molar-refractivity contribution in [1.82, 2.24) is 15.1 Å². The summed E-state index contributed by atoms with van der Waals surface area (Å²) in [6.07, 6.45) is 6.66. The minimum atomic E-state index is -0.261. The summed E-state index contributed by atoms with van der Waals surface area (Å²) in [5.74, 6) is 0.359. The molecule has 1 N–H and O–H groups in total. The van der Waals surface area contributed by atoms with E-state index < -0.39 is 0 Å². The van der Waals surface area contributed by atoms with Crippen LogP contribution in [0.2, 0.25) is 0 Å². The number of carbonyl (C=O) groups is 2. The van der Waals surface area contributed by atoms with Crippen molar-refractivity contribution >= 4 is 18.4 Å². The molecule has 7 heteroatoms. The number of nitrogens with zero attached hydrogens (tertiary/aromatic N) is 2. The zero-order valence-electron chi connectivity index (χ0n) is 21.4. The highest BCUT2D eigenvalue weighted by Gasteiger charge is 2.23. The Balaban J connectivity index is 1.60. The fourth-order valence-electron chi connectivity index (χ4n) is 4.60. The molecule has 2 aromatic rings. The van der Waals surface area contributed by atoms with Crippen LogP contribution in [0.1, 0.15) is 55.7 Å². The second kappa shape index (κ2) is 13.9. The number of carbonyl (C=O) groups excluding carboxylic acids is 2. The van der Waals surface area contributed by atoms with Crippen LogP contribution in [0.5, 0.6) is 5.75 Å². The summed E-state index contributed by atoms with van der Waals surface area (Å²) < 4.78 is 19.6. The van der Waals surface area contributed by atoms with Crippen LogP contribution in [0, 0.1) is 5.82 Å². The third kappa shape index (κ3) is 8.28. The van der Waals surface area contributed by atoms with E-state index in [0.717, 1.165) is 48.4 Å². The largest absolute Gasteiger partial charge is 0.492 e. The van der Waals surface area contributed by atoms with Crippen molar-refractivity contribution in [3.8, 4) is 5.75 Å². The lowest BCUT2D eigenvalue weighted by Gasteiger charge is -2.35. The lowest BCUT2D eigenvalue weighted by atomic mass is 10.0. The van der Waals surface area contributed by atoms with Crippen LogP contribution in [0.25, 0.3) is 6.08 Å². The highest BCUT2D eigenvalue weighted by molar-refractivity contribution is 5.85. The van der Waals surface area contributed by atoms with Gasteiger partial charge in [0.25, 0.3) is 0 Å². The summed E-state index contributed by atoms with van der Waals surface area (Å²) in [5.41, 5.74) is 3.28. The molecule has 2 aromatic carbocycles. The van der Waals surface area contributed by atoms with E-state index in [0.29, 0.717) is 38.4 Å². The van der Waals surface area contributed by atoms with E-state index in [2.05, 4.69) is 34.7 Å². The number of amides is 2. The van der Waals surface area contributed by atoms with E-state index in [4.69, 9.17) is 4.74 Å². The first-order valence-corrected chi connectivity index (χ1v) is 12.7. The number of hydrogen-bond donors (Lipinski definition) is 1. The van der Waals surface area contributed by atoms with E-state index in [1.54, 1.807) is 0 Å². The average molecular weight is 496 g/mol. The van der Waals surface area contributed by atoms with Crippen molar-refractivity contribution < 1.29 is 18.7 Å². The maximum atomic E-state index is 13.3. The SMILES string of the molecule is C=Cc1ccc(OCC2CCCCN2Cc2ccc(F)cc2)cc1CN(C)C(C)CCC(=O)NC=O. The van der Waals surface area contributed by atoms with Crippen molar-refractivity contribution in [3.63, 3.8) is 0 Å². The molecule has 194 valence electrons. The Morgan fingerprint density at radius 1 is 1.28 bits per heavy atom. The lowest BCUT2D eigenvalue weighted by molar-refractivity contribution is -0.125. The molecule has 1 aliphatic rings. The quantitative estimate of drug-likeness (QED) is 0.406. The first-order chi connectivity index (χ1) is 17.4. The van der Waals surface area contributed by atoms with Gasteiger partial charge in [0.1, 0.15) is 18.2 Å². The van der Waals surface area contributed by atoms with Crippen molar-refractivity contribution in [2.45, 2.75) is 64.2 Å². The molecule has 2 amide bonds. The van der Waals surface area contributed by atoms with Gasteiger partial charge in [0, 0.05) is 31.6 Å². The highest BCUT2D eigenvalue weighted by atomic mass is 19.1. The second-order valence-corrected chi connectivity index (χ2v) is 9.61. The van der Waals surface area contributed by atoms with Gasteiger partial charge in [-0.3, -0.25) is 24.7 Å². The Hall–Kier alpha value is -3.03. The summed E-state index contributed by atoms with van der Waals surface area (Å²) in [6.45, 7) is 9.12. The first-order valence-electron chi connectivity index (χ1n) is 12.7. The molecular weight excluding hydrogens is 457 g/mol. The van der Waals surface area contributed by atoms with Crippen molar-refractivity contribution in [1.29, 1.82) is 0 Å². The van der Waals surface area contributed by atoms with Crippen molar-refractivity contribution in [2.24, 2.45) is 0 Å². The number of imide groups is 1. The fraction of sp³-hybridized carbons (Fsp3) is 0.448. The molecule has 0 aromatic heterocycles. The van der Waals surface area contributed by atoms with Crippen LogP contribution in [0.4, 0.5) is 4.39 Å². The summed E-state index contributed by atoms with van der Waals surface area (Å²) in [5, 5.41) is 2.19. The standard InChI is InChI=1S/C29H38FN3O3/c1-4-24-11-14-28(17-25(24)19-32(3)22(2)8-15-29(35)31-21-34)36-20-27-7-5-6-16-33(27)18-23-9-12-26(30)13-10-23/h4,9-14,17,21-22,27H,1,5-8,15-16,18-20H2,2-3H3,(H,31,34,35). The molecule has 36 heavy (non-hydrogen) atoms. The number of likely N-dealkylation sites (tertiary alicyclic amines) is 1. The van der Waals surface area contributed by atoms with Crippen LogP contribution < -0.4 is 10.1 Å². The Kier molecular flexibility index (Phi) is 10.6. The smallest absolute Gasteiger partial charge is 0.226 e. The topological polar surface area (TPSA) is 61.9 Å². The van der Waals surface area contributed by atoms with Gasteiger partial charge in [-0.1, -0.05) is 37.3 Å². The summed E-state index contributed by atoms with van der Waals surface area (Å²) in [6, 6.07) is 13.3. The van der Waals surface area contributed by atoms with Gasteiger partial charge in [-0.25, -0.2) is 4.39 Å². The minimum Gasteiger partial charge on any atom is -0.492 e. The predicted octanol–water partition coefficient (Wildman–Crippen LogP) is 4.78. The molecular formula is C29H38FN3O3. The normalized spacial score (nSPS) is 16.9. The summed E-state index contributed by atoms with van der Waals surface area (Å²) in [4.78, 5) is 26.7. The van der Waals surface area contributed by atoms with E-state index in [1.165, 1.54) is 18.6 Å². The number of ether oxygens (including phenoxy) is 1. The van der Waals surface area contributed by atoms with E-state index in [-0.39, 0.29) is 17.8 Å². The molecule has 2 unspecified atom stereocenters. The van der Waals surface area contributed by atoms with Gasteiger partial charge in [0.15, 0.2) is 0 Å². The number of piperidine rings is 1. The summed E-state index contributed by atoms with van der Waals surface area (Å²) in [7, 11) is 2.03. The second-order valence-electron chi connectivity index (χ2n) is 9.61. The predicted molar refractivity (Wildman–Crippen MR) is 141 cm³/mol. The number of rotatable bonds is 13. The number of nitrogens with one attached hydrogen (secondary N) is 1. The van der Waals surface area contributed by atoms with Gasteiger partial charge in [0.05, 0.1) is 0 Å². The molecule has 0 aliphatic carbocycles. The van der Waals surface area contributed by atoms with Crippen molar-refractivity contribution in [2.75, 3.05) is 20.2 Å². The molecule has 0 bridgehead atoms. The Labute approximate surface area is 214 Å². The van der Waals surface area contributed by atoms with Gasteiger partial charge in [-0.2, -0.15) is 0 Å². The van der Waals surface area contributed by atoms with Crippen LogP contribution in [-0.2, 0) is 22.7 Å². The third-order valence-corrected chi connectivity index (χ3v) is 7.01. The summed E-state index contributed by atoms with van der Waals surface area (Å²) >= 11 is 0. The Morgan fingerprint density at radius 3 is 2.78 bits per heavy atom. The van der Waals surface area contributed by atoms with Gasteiger partial charge >= 0.3 is 0 Å². The van der Waals surface area contributed by atoms with Crippen LogP contribution in [0.15, 0.2) is 49.0 Å². The molecule has 3 rings (SSSR count). The van der Waals surface area contributed by atoms with Crippen LogP contribution in [0.3, 0.4) is 0 Å². The van der Waals surface area contributed by atoms with Gasteiger partial charge in [-0.05, 0) is 80.7 Å². The zero-order chi connectivity index (χ0) is 25.9. The molecule has 2 atom stereocenters. The first kappa shape index (κ1) is 27.6. The molecule has 0 radical (unpaired) electrons.